The highest BCUT2D eigenvalue weighted by molar-refractivity contribution is 5.18. The van der Waals surface area contributed by atoms with Gasteiger partial charge in [-0.1, -0.05) is 12.2 Å². The quantitative estimate of drug-likeness (QED) is 0.461. The molecule has 0 amide bonds. The van der Waals surface area contributed by atoms with Crippen LogP contribution in [0.1, 0.15) is 19.3 Å². The standard InChI is InChI=1S/C9H12O/c1-2-8-5-7(1)6-9(8)3-4-10-9/h1-2,7-8H,3-6H2. The van der Waals surface area contributed by atoms with Gasteiger partial charge in [-0.25, -0.2) is 0 Å². The highest BCUT2D eigenvalue weighted by atomic mass is 16.5. The first-order chi connectivity index (χ1) is 4.89. The number of hydrogen-bond acceptors (Lipinski definition) is 1. The van der Waals surface area contributed by atoms with Gasteiger partial charge in [0, 0.05) is 12.3 Å². The van der Waals surface area contributed by atoms with E-state index in [9.17, 15) is 0 Å². The van der Waals surface area contributed by atoms with Gasteiger partial charge in [-0.05, 0) is 18.8 Å². The predicted octanol–water partition coefficient (Wildman–Crippen LogP) is 1.74. The molecule has 1 spiro atoms. The fraction of sp³-hybridized carbons (Fsp3) is 0.778. The molecule has 2 bridgehead atoms. The van der Waals surface area contributed by atoms with Crippen LogP contribution >= 0.6 is 0 Å². The molecule has 2 aliphatic carbocycles. The van der Waals surface area contributed by atoms with Crippen molar-refractivity contribution in [2.45, 2.75) is 24.9 Å². The lowest BCUT2D eigenvalue weighted by atomic mass is 9.82. The summed E-state index contributed by atoms with van der Waals surface area (Å²) in [5.74, 6) is 1.65. The molecule has 0 aromatic heterocycles. The molecule has 0 N–H and O–H groups in total. The molecular weight excluding hydrogens is 124 g/mol. The van der Waals surface area contributed by atoms with Crippen LogP contribution in [0.2, 0.25) is 0 Å². The zero-order chi connectivity index (χ0) is 6.60. The van der Waals surface area contributed by atoms with Crippen molar-refractivity contribution in [1.29, 1.82) is 0 Å². The topological polar surface area (TPSA) is 9.23 Å². The van der Waals surface area contributed by atoms with E-state index in [0.29, 0.717) is 5.60 Å². The van der Waals surface area contributed by atoms with E-state index in [0.717, 1.165) is 18.4 Å². The van der Waals surface area contributed by atoms with Crippen LogP contribution in [0.5, 0.6) is 0 Å². The molecule has 0 aromatic carbocycles. The molecule has 10 heavy (non-hydrogen) atoms. The van der Waals surface area contributed by atoms with Crippen LogP contribution in [0.3, 0.4) is 0 Å². The van der Waals surface area contributed by atoms with Gasteiger partial charge in [0.15, 0.2) is 0 Å². The van der Waals surface area contributed by atoms with Gasteiger partial charge in [0.25, 0.3) is 0 Å². The van der Waals surface area contributed by atoms with E-state index in [-0.39, 0.29) is 0 Å². The molecule has 1 nitrogen and oxygen atoms in total. The Hall–Kier alpha value is -0.300. The first kappa shape index (κ1) is 5.36. The molecule has 2 fully saturated rings. The predicted molar refractivity (Wildman–Crippen MR) is 38.7 cm³/mol. The van der Waals surface area contributed by atoms with Gasteiger partial charge < -0.3 is 4.74 Å². The Morgan fingerprint density at radius 3 is 2.60 bits per heavy atom. The van der Waals surface area contributed by atoms with E-state index < -0.39 is 0 Å². The van der Waals surface area contributed by atoms with Crippen LogP contribution in [-0.4, -0.2) is 12.2 Å². The van der Waals surface area contributed by atoms with Crippen molar-refractivity contribution >= 4 is 0 Å². The van der Waals surface area contributed by atoms with Crippen LogP contribution in [0, 0.1) is 11.8 Å². The van der Waals surface area contributed by atoms with Crippen molar-refractivity contribution in [3.05, 3.63) is 12.2 Å². The van der Waals surface area contributed by atoms with E-state index in [1.807, 2.05) is 0 Å². The Bertz CT molecular complexity index is 191. The Kier molecular flexibility index (Phi) is 0.791. The lowest BCUT2D eigenvalue weighted by molar-refractivity contribution is -0.161. The van der Waals surface area contributed by atoms with Crippen LogP contribution in [0.4, 0.5) is 0 Å². The molecule has 0 radical (unpaired) electrons. The van der Waals surface area contributed by atoms with E-state index in [1.165, 1.54) is 19.3 Å². The van der Waals surface area contributed by atoms with Gasteiger partial charge in [-0.3, -0.25) is 0 Å². The van der Waals surface area contributed by atoms with Gasteiger partial charge >= 0.3 is 0 Å². The maximum Gasteiger partial charge on any atom is 0.0772 e. The van der Waals surface area contributed by atoms with E-state index in [1.54, 1.807) is 0 Å². The minimum absolute atomic E-state index is 0.347. The Balaban J connectivity index is 1.96. The summed E-state index contributed by atoms with van der Waals surface area (Å²) in [6.45, 7) is 1.01. The fourth-order valence-electron chi connectivity index (χ4n) is 2.73. The second kappa shape index (κ2) is 1.48. The van der Waals surface area contributed by atoms with Crippen molar-refractivity contribution in [3.63, 3.8) is 0 Å². The summed E-state index contributed by atoms with van der Waals surface area (Å²) in [6.07, 6.45) is 8.75. The number of rotatable bonds is 0. The smallest absolute Gasteiger partial charge is 0.0772 e. The van der Waals surface area contributed by atoms with Crippen LogP contribution < -0.4 is 0 Å². The molecule has 3 rings (SSSR count). The van der Waals surface area contributed by atoms with Gasteiger partial charge in [-0.15, -0.1) is 0 Å². The summed E-state index contributed by atoms with van der Waals surface area (Å²) in [5, 5.41) is 0. The molecule has 54 valence electrons. The largest absolute Gasteiger partial charge is 0.374 e. The summed E-state index contributed by atoms with van der Waals surface area (Å²) < 4.78 is 5.66. The summed E-state index contributed by atoms with van der Waals surface area (Å²) in [4.78, 5) is 0. The second-order valence-electron chi connectivity index (χ2n) is 3.85. The zero-order valence-corrected chi connectivity index (χ0v) is 6.05. The third kappa shape index (κ3) is 0.450. The Morgan fingerprint density at radius 1 is 1.40 bits per heavy atom. The summed E-state index contributed by atoms with van der Waals surface area (Å²) in [6, 6.07) is 0. The molecule has 1 saturated heterocycles. The lowest BCUT2D eigenvalue weighted by Gasteiger charge is -2.43. The van der Waals surface area contributed by atoms with Gasteiger partial charge in [0.05, 0.1) is 12.2 Å². The number of hydrogen-bond donors (Lipinski definition) is 0. The first-order valence-electron chi connectivity index (χ1n) is 4.21. The molecule has 3 atom stereocenters. The van der Waals surface area contributed by atoms with Crippen molar-refractivity contribution < 1.29 is 4.74 Å². The number of ether oxygens (including phenoxy) is 1. The zero-order valence-electron chi connectivity index (χ0n) is 6.05. The second-order valence-corrected chi connectivity index (χ2v) is 3.85. The van der Waals surface area contributed by atoms with Crippen LogP contribution in [0.15, 0.2) is 12.2 Å². The maximum absolute atomic E-state index is 5.66. The number of allylic oxidation sites excluding steroid dienone is 1. The van der Waals surface area contributed by atoms with E-state index in [2.05, 4.69) is 12.2 Å². The molecule has 3 unspecified atom stereocenters. The summed E-state index contributed by atoms with van der Waals surface area (Å²) >= 11 is 0. The molecular formula is C9H12O. The van der Waals surface area contributed by atoms with Crippen molar-refractivity contribution in [2.75, 3.05) is 6.61 Å². The minimum atomic E-state index is 0.347. The SMILES string of the molecule is C1=CC2CC1CC21CCO1. The van der Waals surface area contributed by atoms with Gasteiger partial charge in [0.1, 0.15) is 0 Å². The minimum Gasteiger partial charge on any atom is -0.374 e. The Morgan fingerprint density at radius 2 is 2.30 bits per heavy atom. The van der Waals surface area contributed by atoms with Crippen molar-refractivity contribution in [3.8, 4) is 0 Å². The first-order valence-corrected chi connectivity index (χ1v) is 4.21. The van der Waals surface area contributed by atoms with Gasteiger partial charge in [0.2, 0.25) is 0 Å². The van der Waals surface area contributed by atoms with E-state index in [4.69, 9.17) is 4.74 Å². The van der Waals surface area contributed by atoms with Crippen molar-refractivity contribution in [1.82, 2.24) is 0 Å². The normalized spacial score (nSPS) is 56.0. The monoisotopic (exact) mass is 136 g/mol. The van der Waals surface area contributed by atoms with Gasteiger partial charge in [-0.2, -0.15) is 0 Å². The van der Waals surface area contributed by atoms with Crippen LogP contribution in [-0.2, 0) is 4.74 Å². The summed E-state index contributed by atoms with van der Waals surface area (Å²) in [5.41, 5.74) is 0.347. The lowest BCUT2D eigenvalue weighted by Crippen LogP contribution is -2.46. The molecule has 1 saturated carbocycles. The maximum atomic E-state index is 5.66. The fourth-order valence-corrected chi connectivity index (χ4v) is 2.73. The third-order valence-corrected chi connectivity index (χ3v) is 3.37. The molecule has 3 aliphatic rings. The van der Waals surface area contributed by atoms with Crippen LogP contribution in [0.25, 0.3) is 0 Å². The third-order valence-electron chi connectivity index (χ3n) is 3.37. The average Bonchev–Trinajstić information content (AvgIpc) is 2.40. The number of fused-ring (bicyclic) bond motifs is 3. The Labute approximate surface area is 61.1 Å². The molecule has 1 heterocycles. The highest BCUT2D eigenvalue weighted by Gasteiger charge is 2.52. The average molecular weight is 136 g/mol. The molecule has 1 heteroatoms. The highest BCUT2D eigenvalue weighted by Crippen LogP contribution is 2.53. The molecule has 0 aromatic rings. The summed E-state index contributed by atoms with van der Waals surface area (Å²) in [7, 11) is 0. The van der Waals surface area contributed by atoms with E-state index >= 15 is 0 Å². The molecule has 1 aliphatic heterocycles. The van der Waals surface area contributed by atoms with Crippen molar-refractivity contribution in [2.24, 2.45) is 11.8 Å².